The summed E-state index contributed by atoms with van der Waals surface area (Å²) in [6.07, 6.45) is -1.58. The normalized spacial score (nSPS) is 11.9. The number of carbonyl (C=O) groups excluding carboxylic acids is 1. The smallest absolute Gasteiger partial charge is 0.264 e. The predicted octanol–water partition coefficient (Wildman–Crippen LogP) is 3.94. The number of alkyl halides is 1. The van der Waals surface area contributed by atoms with Crippen molar-refractivity contribution in [1.82, 2.24) is 0 Å². The number of hydrogen-bond donors (Lipinski definition) is 0. The zero-order valence-corrected chi connectivity index (χ0v) is 9.97. The van der Waals surface area contributed by atoms with Crippen molar-refractivity contribution in [2.24, 2.45) is 0 Å². The summed E-state index contributed by atoms with van der Waals surface area (Å²) in [5.74, 6) is 0.118. The Morgan fingerprint density at radius 3 is 2.33 bits per heavy atom. The summed E-state index contributed by atoms with van der Waals surface area (Å²) in [6.45, 7) is 1.43. The Morgan fingerprint density at radius 2 is 1.67 bits per heavy atom. The van der Waals surface area contributed by atoms with Crippen molar-refractivity contribution in [3.63, 3.8) is 0 Å². The Kier molecular flexibility index (Phi) is 3.72. The first-order valence-corrected chi connectivity index (χ1v) is 5.64. The van der Waals surface area contributed by atoms with Crippen LogP contribution in [0.25, 0.3) is 0 Å². The van der Waals surface area contributed by atoms with E-state index in [0.29, 0.717) is 11.1 Å². The quantitative estimate of drug-likeness (QED) is 0.761. The van der Waals surface area contributed by atoms with Crippen LogP contribution in [0.2, 0.25) is 0 Å². The number of rotatable bonds is 4. The van der Waals surface area contributed by atoms with E-state index in [-0.39, 0.29) is 11.5 Å². The number of Topliss-reactive ketones (excluding diaryl/α,β-unsaturated/α-hetero) is 1. The molecule has 0 N–H and O–H groups in total. The monoisotopic (exact) mass is 244 g/mol. The highest BCUT2D eigenvalue weighted by Crippen LogP contribution is 2.26. The molecule has 92 valence electrons. The predicted molar refractivity (Wildman–Crippen MR) is 67.4 cm³/mol. The molecule has 0 heterocycles. The fourth-order valence-corrected chi connectivity index (χ4v) is 1.64. The van der Waals surface area contributed by atoms with Gasteiger partial charge in [-0.3, -0.25) is 4.79 Å². The largest absolute Gasteiger partial charge is 0.455 e. The number of ether oxygens (including phenoxy) is 1. The van der Waals surface area contributed by atoms with Gasteiger partial charge in [-0.1, -0.05) is 42.5 Å². The van der Waals surface area contributed by atoms with E-state index in [1.807, 2.05) is 0 Å². The number of benzene rings is 2. The van der Waals surface area contributed by atoms with Crippen LogP contribution in [-0.4, -0.2) is 5.78 Å². The molecule has 3 heteroatoms. The van der Waals surface area contributed by atoms with Gasteiger partial charge < -0.3 is 4.74 Å². The molecule has 0 aliphatic carbocycles. The number of para-hydroxylation sites is 1. The molecule has 0 radical (unpaired) electrons. The molecule has 0 spiro atoms. The SMILES string of the molecule is CC(=O)c1ccccc1OC(F)c1ccccc1. The summed E-state index contributed by atoms with van der Waals surface area (Å²) in [6, 6.07) is 15.2. The fourth-order valence-electron chi connectivity index (χ4n) is 1.64. The molecular formula is C15H13FO2. The molecule has 0 fully saturated rings. The van der Waals surface area contributed by atoms with Crippen LogP contribution in [-0.2, 0) is 0 Å². The van der Waals surface area contributed by atoms with Crippen molar-refractivity contribution in [1.29, 1.82) is 0 Å². The highest BCUT2D eigenvalue weighted by atomic mass is 19.1. The van der Waals surface area contributed by atoms with E-state index < -0.39 is 6.36 Å². The summed E-state index contributed by atoms with van der Waals surface area (Å²) in [7, 11) is 0. The molecule has 2 aromatic carbocycles. The number of ketones is 1. The van der Waals surface area contributed by atoms with E-state index in [2.05, 4.69) is 0 Å². The summed E-state index contributed by atoms with van der Waals surface area (Å²) in [4.78, 5) is 11.4. The average molecular weight is 244 g/mol. The molecule has 1 unspecified atom stereocenters. The Labute approximate surface area is 105 Å². The lowest BCUT2D eigenvalue weighted by molar-refractivity contribution is 0.0655. The van der Waals surface area contributed by atoms with Gasteiger partial charge in [0.25, 0.3) is 6.36 Å². The van der Waals surface area contributed by atoms with E-state index in [1.54, 1.807) is 54.6 Å². The molecule has 1 atom stereocenters. The van der Waals surface area contributed by atoms with Crippen LogP contribution in [0.4, 0.5) is 4.39 Å². The lowest BCUT2D eigenvalue weighted by Gasteiger charge is -2.13. The van der Waals surface area contributed by atoms with Gasteiger partial charge in [0.15, 0.2) is 5.78 Å². The minimum atomic E-state index is -1.58. The van der Waals surface area contributed by atoms with Gasteiger partial charge in [0.1, 0.15) is 5.75 Å². The van der Waals surface area contributed by atoms with Crippen molar-refractivity contribution < 1.29 is 13.9 Å². The van der Waals surface area contributed by atoms with Gasteiger partial charge in [-0.15, -0.1) is 0 Å². The number of carbonyl (C=O) groups is 1. The number of halogens is 1. The minimum Gasteiger partial charge on any atom is -0.455 e. The lowest BCUT2D eigenvalue weighted by Crippen LogP contribution is -2.05. The first kappa shape index (κ1) is 12.3. The molecule has 2 rings (SSSR count). The molecule has 0 amide bonds. The van der Waals surface area contributed by atoms with E-state index in [9.17, 15) is 9.18 Å². The zero-order valence-electron chi connectivity index (χ0n) is 9.97. The van der Waals surface area contributed by atoms with Crippen LogP contribution >= 0.6 is 0 Å². The van der Waals surface area contributed by atoms with Gasteiger partial charge in [-0.25, -0.2) is 0 Å². The summed E-state index contributed by atoms with van der Waals surface area (Å²) in [5.41, 5.74) is 0.812. The second-order valence-corrected chi connectivity index (χ2v) is 3.90. The van der Waals surface area contributed by atoms with Gasteiger partial charge >= 0.3 is 0 Å². The molecule has 2 aromatic rings. The molecular weight excluding hydrogens is 231 g/mol. The van der Waals surface area contributed by atoms with Crippen molar-refractivity contribution in [2.45, 2.75) is 13.3 Å². The standard InChI is InChI=1S/C15H13FO2/c1-11(17)13-9-5-6-10-14(13)18-15(16)12-7-3-2-4-8-12/h2-10,15H,1H3. The van der Waals surface area contributed by atoms with E-state index >= 15 is 0 Å². The molecule has 0 bridgehead atoms. The molecule has 0 aromatic heterocycles. The van der Waals surface area contributed by atoms with Crippen LogP contribution < -0.4 is 4.74 Å². The second kappa shape index (κ2) is 5.45. The van der Waals surface area contributed by atoms with Crippen molar-refractivity contribution in [2.75, 3.05) is 0 Å². The summed E-state index contributed by atoms with van der Waals surface area (Å²) < 4.78 is 19.1. The fraction of sp³-hybridized carbons (Fsp3) is 0.133. The molecule has 2 nitrogen and oxygen atoms in total. The van der Waals surface area contributed by atoms with Crippen molar-refractivity contribution >= 4 is 5.78 Å². The second-order valence-electron chi connectivity index (χ2n) is 3.90. The Morgan fingerprint density at radius 1 is 1.06 bits per heavy atom. The lowest BCUT2D eigenvalue weighted by atomic mass is 10.1. The maximum Gasteiger partial charge on any atom is 0.264 e. The Balaban J connectivity index is 2.22. The molecule has 0 saturated heterocycles. The topological polar surface area (TPSA) is 26.3 Å². The van der Waals surface area contributed by atoms with E-state index in [4.69, 9.17) is 4.74 Å². The number of hydrogen-bond acceptors (Lipinski definition) is 2. The van der Waals surface area contributed by atoms with Crippen LogP contribution in [0.5, 0.6) is 5.75 Å². The van der Waals surface area contributed by atoms with Gasteiger partial charge in [-0.2, -0.15) is 4.39 Å². The van der Waals surface area contributed by atoms with Crippen molar-refractivity contribution in [3.8, 4) is 5.75 Å². The Hall–Kier alpha value is -2.16. The molecule has 0 aliphatic rings. The van der Waals surface area contributed by atoms with Crippen LogP contribution in [0.15, 0.2) is 54.6 Å². The zero-order chi connectivity index (χ0) is 13.0. The molecule has 18 heavy (non-hydrogen) atoms. The maximum atomic E-state index is 13.9. The highest BCUT2D eigenvalue weighted by molar-refractivity contribution is 5.96. The summed E-state index contributed by atoms with van der Waals surface area (Å²) in [5, 5.41) is 0. The van der Waals surface area contributed by atoms with E-state index in [0.717, 1.165) is 0 Å². The average Bonchev–Trinajstić information content (AvgIpc) is 2.40. The third-order valence-electron chi connectivity index (χ3n) is 2.56. The van der Waals surface area contributed by atoms with Gasteiger partial charge in [0, 0.05) is 5.56 Å². The van der Waals surface area contributed by atoms with Gasteiger partial charge in [-0.05, 0) is 19.1 Å². The van der Waals surface area contributed by atoms with Crippen LogP contribution in [0, 0.1) is 0 Å². The first-order valence-electron chi connectivity index (χ1n) is 5.64. The van der Waals surface area contributed by atoms with Crippen LogP contribution in [0.3, 0.4) is 0 Å². The maximum absolute atomic E-state index is 13.9. The third kappa shape index (κ3) is 2.74. The first-order chi connectivity index (χ1) is 8.68. The highest BCUT2D eigenvalue weighted by Gasteiger charge is 2.14. The summed E-state index contributed by atoms with van der Waals surface area (Å²) >= 11 is 0. The molecule has 0 saturated carbocycles. The molecule has 0 aliphatic heterocycles. The van der Waals surface area contributed by atoms with E-state index in [1.165, 1.54) is 6.92 Å². The van der Waals surface area contributed by atoms with Crippen molar-refractivity contribution in [3.05, 3.63) is 65.7 Å². The Bertz CT molecular complexity index is 537. The van der Waals surface area contributed by atoms with Crippen LogP contribution in [0.1, 0.15) is 29.2 Å². The minimum absolute atomic E-state index is 0.147. The van der Waals surface area contributed by atoms with Gasteiger partial charge in [0.2, 0.25) is 0 Å². The third-order valence-corrected chi connectivity index (χ3v) is 2.56. The van der Waals surface area contributed by atoms with Gasteiger partial charge in [0.05, 0.1) is 5.56 Å².